The van der Waals surface area contributed by atoms with Gasteiger partial charge in [-0.1, -0.05) is 0 Å². The lowest BCUT2D eigenvalue weighted by atomic mass is 10.2. The largest absolute Gasteiger partial charge is 0.257 e. The summed E-state index contributed by atoms with van der Waals surface area (Å²) in [6.07, 6.45) is 5.09. The van der Waals surface area contributed by atoms with Gasteiger partial charge in [-0.05, 0) is 40.9 Å². The lowest BCUT2D eigenvalue weighted by molar-refractivity contribution is 0.554. The molecule has 0 radical (unpaired) electrons. The highest BCUT2D eigenvalue weighted by atomic mass is 79.9. The van der Waals surface area contributed by atoms with Gasteiger partial charge in [-0.25, -0.2) is 4.79 Å². The Morgan fingerprint density at radius 3 is 2.92 bits per heavy atom. The predicted molar refractivity (Wildman–Crippen MR) is 51.0 cm³/mol. The second-order valence-corrected chi connectivity index (χ2v) is 3.92. The van der Waals surface area contributed by atoms with Gasteiger partial charge in [-0.15, -0.1) is 0 Å². The topological polar surface area (TPSA) is 42.3 Å². The van der Waals surface area contributed by atoms with Crippen LogP contribution >= 0.6 is 15.9 Å². The standard InChI is InChI=1S/C9H7BrN2O/c10-7-2-1-5-11-8(7)9(3-4-9)12-6-13/h1-2,5H,3-4H2. The smallest absolute Gasteiger partial charge is 0.235 e. The fraction of sp³-hybridized carbons (Fsp3) is 0.333. The molecular formula is C9H7BrN2O. The summed E-state index contributed by atoms with van der Waals surface area (Å²) in [6, 6.07) is 3.75. The number of hydrogen-bond donors (Lipinski definition) is 0. The molecule has 0 bridgehead atoms. The SMILES string of the molecule is O=C=NC1(c2ncccc2Br)CC1. The number of isocyanates is 1. The molecule has 13 heavy (non-hydrogen) atoms. The molecule has 0 atom stereocenters. The second-order valence-electron chi connectivity index (χ2n) is 3.07. The first kappa shape index (κ1) is 8.60. The van der Waals surface area contributed by atoms with Crippen molar-refractivity contribution in [3.05, 3.63) is 28.5 Å². The number of carbonyl (C=O) groups excluding carboxylic acids is 1. The van der Waals surface area contributed by atoms with Crippen LogP contribution in [-0.2, 0) is 10.3 Å². The summed E-state index contributed by atoms with van der Waals surface area (Å²) in [7, 11) is 0. The molecule has 1 aliphatic rings. The van der Waals surface area contributed by atoms with E-state index in [9.17, 15) is 4.79 Å². The molecule has 0 unspecified atom stereocenters. The van der Waals surface area contributed by atoms with Gasteiger partial charge in [-0.3, -0.25) is 4.98 Å². The lowest BCUT2D eigenvalue weighted by Crippen LogP contribution is -2.05. The molecule has 3 nitrogen and oxygen atoms in total. The molecule has 1 aromatic rings. The number of aliphatic imine (C=N–C) groups is 1. The molecule has 1 saturated carbocycles. The summed E-state index contributed by atoms with van der Waals surface area (Å²) in [5.74, 6) is 0. The van der Waals surface area contributed by atoms with Crippen molar-refractivity contribution >= 4 is 22.0 Å². The van der Waals surface area contributed by atoms with Gasteiger partial charge in [0.05, 0.1) is 5.69 Å². The third-order valence-electron chi connectivity index (χ3n) is 2.18. The van der Waals surface area contributed by atoms with Crippen molar-refractivity contribution in [2.75, 3.05) is 0 Å². The van der Waals surface area contributed by atoms with E-state index in [1.165, 1.54) is 0 Å². The summed E-state index contributed by atoms with van der Waals surface area (Å²) < 4.78 is 0.909. The maximum atomic E-state index is 10.2. The van der Waals surface area contributed by atoms with E-state index < -0.39 is 0 Å². The summed E-state index contributed by atoms with van der Waals surface area (Å²) in [5, 5.41) is 0. The minimum Gasteiger partial charge on any atom is -0.257 e. The van der Waals surface area contributed by atoms with E-state index >= 15 is 0 Å². The Labute approximate surface area is 84.0 Å². The molecule has 0 saturated heterocycles. The maximum Gasteiger partial charge on any atom is 0.235 e. The molecule has 2 rings (SSSR count). The monoisotopic (exact) mass is 238 g/mol. The molecule has 0 aromatic carbocycles. The van der Waals surface area contributed by atoms with Crippen molar-refractivity contribution in [2.45, 2.75) is 18.4 Å². The highest BCUT2D eigenvalue weighted by molar-refractivity contribution is 9.10. The first-order valence-corrected chi connectivity index (χ1v) is 4.78. The summed E-state index contributed by atoms with van der Waals surface area (Å²) in [6.45, 7) is 0. The van der Waals surface area contributed by atoms with Crippen molar-refractivity contribution < 1.29 is 4.79 Å². The average molecular weight is 239 g/mol. The van der Waals surface area contributed by atoms with Crippen molar-refractivity contribution in [2.24, 2.45) is 4.99 Å². The molecule has 1 fully saturated rings. The summed E-state index contributed by atoms with van der Waals surface area (Å²) in [4.78, 5) is 18.2. The number of hydrogen-bond acceptors (Lipinski definition) is 3. The predicted octanol–water partition coefficient (Wildman–Crippen LogP) is 2.17. The van der Waals surface area contributed by atoms with Crippen LogP contribution in [0.1, 0.15) is 18.5 Å². The maximum absolute atomic E-state index is 10.2. The Kier molecular flexibility index (Phi) is 2.02. The highest BCUT2D eigenvalue weighted by Crippen LogP contribution is 2.50. The highest BCUT2D eigenvalue weighted by Gasteiger charge is 2.47. The van der Waals surface area contributed by atoms with E-state index in [1.807, 2.05) is 12.1 Å². The van der Waals surface area contributed by atoms with Crippen molar-refractivity contribution in [1.82, 2.24) is 4.98 Å². The van der Waals surface area contributed by atoms with Crippen LogP contribution in [0.15, 0.2) is 27.8 Å². The van der Waals surface area contributed by atoms with Gasteiger partial charge in [0, 0.05) is 10.7 Å². The number of aromatic nitrogens is 1. The summed E-state index contributed by atoms with van der Waals surface area (Å²) in [5.41, 5.74) is 0.473. The number of nitrogens with zero attached hydrogens (tertiary/aromatic N) is 2. The number of halogens is 1. The van der Waals surface area contributed by atoms with Crippen LogP contribution in [0.25, 0.3) is 0 Å². The molecule has 0 N–H and O–H groups in total. The first-order chi connectivity index (χ1) is 6.28. The van der Waals surface area contributed by atoms with E-state index in [0.717, 1.165) is 23.0 Å². The van der Waals surface area contributed by atoms with E-state index in [1.54, 1.807) is 12.3 Å². The third kappa shape index (κ3) is 1.43. The van der Waals surface area contributed by atoms with E-state index in [-0.39, 0.29) is 5.54 Å². The lowest BCUT2D eigenvalue weighted by Gasteiger charge is -2.07. The van der Waals surface area contributed by atoms with E-state index in [0.29, 0.717) is 0 Å². The number of pyridine rings is 1. The normalized spacial score (nSPS) is 17.6. The van der Waals surface area contributed by atoms with Crippen LogP contribution in [0, 0.1) is 0 Å². The average Bonchev–Trinajstić information content (AvgIpc) is 2.87. The van der Waals surface area contributed by atoms with Gasteiger partial charge in [0.2, 0.25) is 6.08 Å². The molecule has 66 valence electrons. The minimum atomic E-state index is -0.373. The van der Waals surface area contributed by atoms with Crippen LogP contribution in [0.5, 0.6) is 0 Å². The Morgan fingerprint density at radius 2 is 2.38 bits per heavy atom. The first-order valence-electron chi connectivity index (χ1n) is 3.98. The Hall–Kier alpha value is -0.990. The van der Waals surface area contributed by atoms with Crippen molar-refractivity contribution in [3.8, 4) is 0 Å². The van der Waals surface area contributed by atoms with E-state index in [2.05, 4.69) is 25.9 Å². The van der Waals surface area contributed by atoms with Gasteiger partial charge >= 0.3 is 0 Å². The Bertz CT molecular complexity index is 381. The molecule has 1 aliphatic carbocycles. The van der Waals surface area contributed by atoms with Gasteiger partial charge in [0.25, 0.3) is 0 Å². The molecule has 0 aliphatic heterocycles. The van der Waals surface area contributed by atoms with Gasteiger partial charge < -0.3 is 0 Å². The molecule has 1 heterocycles. The van der Waals surface area contributed by atoms with Crippen LogP contribution in [-0.4, -0.2) is 11.1 Å². The third-order valence-corrected chi connectivity index (χ3v) is 2.82. The van der Waals surface area contributed by atoms with Gasteiger partial charge in [-0.2, -0.15) is 4.99 Å². The van der Waals surface area contributed by atoms with Crippen LogP contribution < -0.4 is 0 Å². The molecule has 0 amide bonds. The molecule has 0 spiro atoms. The Balaban J connectivity index is 2.46. The van der Waals surface area contributed by atoms with Crippen molar-refractivity contribution in [1.29, 1.82) is 0 Å². The fourth-order valence-electron chi connectivity index (χ4n) is 1.34. The fourth-order valence-corrected chi connectivity index (χ4v) is 1.96. The molecule has 1 aromatic heterocycles. The second kappa shape index (κ2) is 3.05. The minimum absolute atomic E-state index is 0.373. The number of rotatable bonds is 2. The van der Waals surface area contributed by atoms with E-state index in [4.69, 9.17) is 0 Å². The zero-order valence-corrected chi connectivity index (χ0v) is 8.41. The van der Waals surface area contributed by atoms with Crippen LogP contribution in [0.3, 0.4) is 0 Å². The van der Waals surface area contributed by atoms with Gasteiger partial charge in [0.15, 0.2) is 0 Å². The van der Waals surface area contributed by atoms with Gasteiger partial charge in [0.1, 0.15) is 5.54 Å². The van der Waals surface area contributed by atoms with Crippen LogP contribution in [0.4, 0.5) is 0 Å². The quantitative estimate of drug-likeness (QED) is 0.586. The zero-order valence-electron chi connectivity index (χ0n) is 6.83. The molecular weight excluding hydrogens is 232 g/mol. The Morgan fingerprint density at radius 1 is 1.62 bits per heavy atom. The zero-order chi connectivity index (χ0) is 9.31. The summed E-state index contributed by atoms with van der Waals surface area (Å²) >= 11 is 3.39. The van der Waals surface area contributed by atoms with Crippen LogP contribution in [0.2, 0.25) is 0 Å². The molecule has 4 heteroatoms. The van der Waals surface area contributed by atoms with Crippen molar-refractivity contribution in [3.63, 3.8) is 0 Å².